The maximum Gasteiger partial charge on any atom is 0.338 e. The van der Waals surface area contributed by atoms with Crippen molar-refractivity contribution in [2.75, 3.05) is 13.7 Å². The second-order valence-corrected chi connectivity index (χ2v) is 13.7. The monoisotopic (exact) mass is 854 g/mol. The van der Waals surface area contributed by atoms with Gasteiger partial charge in [-0.3, -0.25) is 9.36 Å². The minimum absolute atomic E-state index is 0.182. The first kappa shape index (κ1) is 32.2. The van der Waals surface area contributed by atoms with Gasteiger partial charge < -0.3 is 14.2 Å². The Bertz CT molecular complexity index is 2110. The maximum atomic E-state index is 14.4. The zero-order chi connectivity index (χ0) is 32.2. The Morgan fingerprint density at radius 2 is 1.67 bits per heavy atom. The Morgan fingerprint density at radius 1 is 0.978 bits per heavy atom. The summed E-state index contributed by atoms with van der Waals surface area (Å²) in [5.41, 5.74) is 3.83. The fourth-order valence-electron chi connectivity index (χ4n) is 5.25. The Labute approximate surface area is 297 Å². The van der Waals surface area contributed by atoms with E-state index in [0.29, 0.717) is 38.7 Å². The van der Waals surface area contributed by atoms with Crippen LogP contribution < -0.4 is 24.4 Å². The van der Waals surface area contributed by atoms with Gasteiger partial charge in [-0.15, -0.1) is 0 Å². The average molecular weight is 855 g/mol. The molecule has 1 aliphatic heterocycles. The Balaban J connectivity index is 1.57. The molecule has 1 aromatic heterocycles. The van der Waals surface area contributed by atoms with E-state index in [-0.39, 0.29) is 12.2 Å². The largest absolute Gasteiger partial charge is 0.497 e. The summed E-state index contributed by atoms with van der Waals surface area (Å²) < 4.78 is 21.3. The molecule has 0 radical (unpaired) electrons. The zero-order valence-electron chi connectivity index (χ0n) is 24.9. The third-order valence-electron chi connectivity index (χ3n) is 7.35. The van der Waals surface area contributed by atoms with Gasteiger partial charge in [-0.05, 0) is 93.6 Å². The van der Waals surface area contributed by atoms with Crippen LogP contribution in [0.1, 0.15) is 35.2 Å². The molecule has 0 unspecified atom stereocenters. The van der Waals surface area contributed by atoms with Gasteiger partial charge in [0.15, 0.2) is 4.80 Å². The molecule has 46 heavy (non-hydrogen) atoms. The molecule has 5 aromatic rings. The highest BCUT2D eigenvalue weighted by molar-refractivity contribution is 14.1. The van der Waals surface area contributed by atoms with E-state index in [9.17, 15) is 9.59 Å². The summed E-state index contributed by atoms with van der Waals surface area (Å²) in [7, 11) is 1.60. The number of carbonyl (C=O) groups is 1. The van der Waals surface area contributed by atoms with Crippen LogP contribution in [-0.4, -0.2) is 24.3 Å². The molecule has 0 amide bonds. The van der Waals surface area contributed by atoms with Gasteiger partial charge in [0.1, 0.15) is 18.1 Å². The lowest BCUT2D eigenvalue weighted by Gasteiger charge is -2.26. The van der Waals surface area contributed by atoms with Gasteiger partial charge in [0, 0.05) is 14.7 Å². The van der Waals surface area contributed by atoms with Crippen LogP contribution in [0.2, 0.25) is 0 Å². The van der Waals surface area contributed by atoms with Gasteiger partial charge in [-0.25, -0.2) is 9.79 Å². The number of carbonyl (C=O) groups excluding carboxylic acids is 1. The molecule has 232 valence electrons. The summed E-state index contributed by atoms with van der Waals surface area (Å²) in [5, 5.41) is 0. The number of fused-ring (bicyclic) bond motifs is 1. The van der Waals surface area contributed by atoms with E-state index in [4.69, 9.17) is 19.2 Å². The van der Waals surface area contributed by atoms with Gasteiger partial charge >= 0.3 is 5.97 Å². The third kappa shape index (κ3) is 6.69. The van der Waals surface area contributed by atoms with Crippen molar-refractivity contribution in [1.82, 2.24) is 4.57 Å². The quantitative estimate of drug-likeness (QED) is 0.122. The molecule has 2 heterocycles. The summed E-state index contributed by atoms with van der Waals surface area (Å²) in [6.45, 7) is 2.33. The molecule has 4 aromatic carbocycles. The summed E-state index contributed by atoms with van der Waals surface area (Å²) >= 11 is 5.82. The molecular formula is C36H28I2N2O5S. The van der Waals surface area contributed by atoms with Crippen LogP contribution in [0.15, 0.2) is 112 Å². The minimum atomic E-state index is -0.775. The van der Waals surface area contributed by atoms with E-state index in [0.717, 1.165) is 29.4 Å². The fourth-order valence-corrected chi connectivity index (χ4v) is 8.29. The first-order valence-corrected chi connectivity index (χ1v) is 17.4. The topological polar surface area (TPSA) is 79.1 Å². The van der Waals surface area contributed by atoms with Crippen LogP contribution in [-0.2, 0) is 16.1 Å². The predicted octanol–water partition coefficient (Wildman–Crippen LogP) is 6.73. The molecule has 1 aliphatic rings. The lowest BCUT2D eigenvalue weighted by Crippen LogP contribution is -2.40. The molecular weight excluding hydrogens is 826 g/mol. The maximum absolute atomic E-state index is 14.4. The lowest BCUT2D eigenvalue weighted by atomic mass is 9.93. The number of hydrogen-bond acceptors (Lipinski definition) is 7. The third-order valence-corrected chi connectivity index (χ3v) is 9.76. The molecule has 0 spiro atoms. The standard InChI is InChI=1S/C36H28I2N2O5S/c1-3-44-35(42)30-31(23-12-8-5-9-13-23)39-36-40(32(30)24-14-16-27(43-2)17-15-24)34(41)29(46-36)19-25-18-26(37)20-28(38)33(25)45-21-22-10-6-4-7-11-22/h4-20,32H,3,21H2,1-2H3/b29-19-/t32-/m1/s1. The lowest BCUT2D eigenvalue weighted by molar-refractivity contribution is -0.138. The number of rotatable bonds is 9. The average Bonchev–Trinajstić information content (AvgIpc) is 3.38. The van der Waals surface area contributed by atoms with Crippen molar-refractivity contribution in [3.05, 3.63) is 152 Å². The molecule has 0 aliphatic carbocycles. The summed E-state index contributed by atoms with van der Waals surface area (Å²) in [5.74, 6) is 0.834. The van der Waals surface area contributed by atoms with E-state index < -0.39 is 12.0 Å². The van der Waals surface area contributed by atoms with Crippen molar-refractivity contribution in [2.45, 2.75) is 19.6 Å². The summed E-state index contributed by atoms with van der Waals surface area (Å²) in [4.78, 5) is 33.5. The van der Waals surface area contributed by atoms with E-state index >= 15 is 0 Å². The zero-order valence-corrected chi connectivity index (χ0v) is 30.0. The number of halogens is 2. The summed E-state index contributed by atoms with van der Waals surface area (Å²) in [6.07, 6.45) is 1.86. The number of methoxy groups -OCH3 is 1. The van der Waals surface area contributed by atoms with Gasteiger partial charge in [-0.2, -0.15) is 0 Å². The second-order valence-electron chi connectivity index (χ2n) is 10.3. The van der Waals surface area contributed by atoms with Crippen LogP contribution in [0.5, 0.6) is 11.5 Å². The fraction of sp³-hybridized carbons (Fsp3) is 0.139. The van der Waals surface area contributed by atoms with Gasteiger partial charge in [-0.1, -0.05) is 84.1 Å². The van der Waals surface area contributed by atoms with E-state index in [1.165, 1.54) is 11.3 Å². The first-order valence-electron chi connectivity index (χ1n) is 14.5. The van der Waals surface area contributed by atoms with E-state index in [2.05, 4.69) is 45.2 Å². The van der Waals surface area contributed by atoms with E-state index in [1.807, 2.05) is 103 Å². The number of benzene rings is 4. The highest BCUT2D eigenvalue weighted by atomic mass is 127. The molecule has 0 N–H and O–H groups in total. The molecule has 1 atom stereocenters. The molecule has 0 fully saturated rings. The highest BCUT2D eigenvalue weighted by Gasteiger charge is 2.35. The number of ether oxygens (including phenoxy) is 3. The van der Waals surface area contributed by atoms with Gasteiger partial charge in [0.25, 0.3) is 5.56 Å². The smallest absolute Gasteiger partial charge is 0.338 e. The van der Waals surface area contributed by atoms with Crippen LogP contribution in [0, 0.1) is 7.14 Å². The number of esters is 1. The van der Waals surface area contributed by atoms with Crippen molar-refractivity contribution in [2.24, 2.45) is 4.99 Å². The van der Waals surface area contributed by atoms with Crippen LogP contribution >= 0.6 is 56.5 Å². The molecule has 6 rings (SSSR count). The van der Waals surface area contributed by atoms with Gasteiger partial charge in [0.2, 0.25) is 0 Å². The molecule has 0 saturated heterocycles. The normalized spacial score (nSPS) is 14.4. The summed E-state index contributed by atoms with van der Waals surface area (Å²) in [6, 6.07) is 30.1. The van der Waals surface area contributed by atoms with Crippen molar-refractivity contribution < 1.29 is 19.0 Å². The SMILES string of the molecule is CCOC(=O)C1=C(c2ccccc2)N=c2s/c(=C\c3cc(I)cc(I)c3OCc3ccccc3)c(=O)n2[C@@H]1c1ccc(OC)cc1. The van der Waals surface area contributed by atoms with Crippen molar-refractivity contribution >= 4 is 74.3 Å². The molecule has 10 heteroatoms. The van der Waals surface area contributed by atoms with Crippen molar-refractivity contribution in [3.63, 3.8) is 0 Å². The highest BCUT2D eigenvalue weighted by Crippen LogP contribution is 2.36. The Hall–Kier alpha value is -3.75. The number of hydrogen-bond donors (Lipinski definition) is 0. The van der Waals surface area contributed by atoms with Crippen molar-refractivity contribution in [1.29, 1.82) is 0 Å². The molecule has 0 saturated carbocycles. The predicted molar refractivity (Wildman–Crippen MR) is 197 cm³/mol. The van der Waals surface area contributed by atoms with Crippen LogP contribution in [0.3, 0.4) is 0 Å². The van der Waals surface area contributed by atoms with Crippen LogP contribution in [0.4, 0.5) is 0 Å². The minimum Gasteiger partial charge on any atom is -0.497 e. The van der Waals surface area contributed by atoms with Crippen molar-refractivity contribution in [3.8, 4) is 11.5 Å². The number of aromatic nitrogens is 1. The van der Waals surface area contributed by atoms with E-state index in [1.54, 1.807) is 18.6 Å². The Morgan fingerprint density at radius 3 is 2.35 bits per heavy atom. The Kier molecular flexibility index (Phi) is 10.0. The van der Waals surface area contributed by atoms with Gasteiger partial charge in [0.05, 0.1) is 39.1 Å². The number of nitrogens with zero attached hydrogens (tertiary/aromatic N) is 2. The molecule has 7 nitrogen and oxygen atoms in total. The first-order chi connectivity index (χ1) is 22.4. The van der Waals surface area contributed by atoms with Crippen LogP contribution in [0.25, 0.3) is 11.8 Å². The number of thiazole rings is 1. The molecule has 0 bridgehead atoms. The second kappa shape index (κ2) is 14.3.